The van der Waals surface area contributed by atoms with E-state index < -0.39 is 12.0 Å². The first-order valence-electron chi connectivity index (χ1n) is 7.02. The van der Waals surface area contributed by atoms with E-state index in [4.69, 9.17) is 10.4 Å². The number of carbonyl (C=O) groups excluding carboxylic acids is 1. The zero-order valence-corrected chi connectivity index (χ0v) is 11.2. The summed E-state index contributed by atoms with van der Waals surface area (Å²) in [5.41, 5.74) is 0. The van der Waals surface area contributed by atoms with Crippen LogP contribution in [0.2, 0.25) is 0 Å². The molecule has 0 spiro atoms. The molecule has 0 aromatic heterocycles. The molecular formula is C14H22N2O3. The Morgan fingerprint density at radius 2 is 2.00 bits per heavy atom. The van der Waals surface area contributed by atoms with E-state index in [0.717, 1.165) is 12.8 Å². The summed E-state index contributed by atoms with van der Waals surface area (Å²) in [6.45, 7) is 0. The minimum atomic E-state index is -0.989. The zero-order valence-electron chi connectivity index (χ0n) is 11.2. The predicted octanol–water partition coefficient (Wildman–Crippen LogP) is 2.22. The number of nitriles is 1. The lowest BCUT2D eigenvalue weighted by atomic mass is 10.0. The van der Waals surface area contributed by atoms with Gasteiger partial charge in [0.1, 0.15) is 6.04 Å². The number of unbranched alkanes of at least 4 members (excludes halogenated alkanes) is 2. The van der Waals surface area contributed by atoms with Crippen molar-refractivity contribution in [3.05, 3.63) is 0 Å². The third-order valence-electron chi connectivity index (χ3n) is 3.61. The number of nitrogens with zero attached hydrogens (tertiary/aromatic N) is 1. The van der Waals surface area contributed by atoms with Gasteiger partial charge in [0.2, 0.25) is 5.91 Å². The van der Waals surface area contributed by atoms with Gasteiger partial charge in [0, 0.05) is 12.8 Å². The maximum atomic E-state index is 11.8. The van der Waals surface area contributed by atoms with Gasteiger partial charge in [-0.1, -0.05) is 12.8 Å². The van der Waals surface area contributed by atoms with Crippen LogP contribution in [0.15, 0.2) is 0 Å². The predicted molar refractivity (Wildman–Crippen MR) is 70.2 cm³/mol. The highest BCUT2D eigenvalue weighted by Crippen LogP contribution is 2.27. The van der Waals surface area contributed by atoms with Crippen molar-refractivity contribution in [2.24, 2.45) is 5.92 Å². The van der Waals surface area contributed by atoms with E-state index in [-0.39, 0.29) is 5.91 Å². The van der Waals surface area contributed by atoms with E-state index in [1.807, 2.05) is 6.07 Å². The van der Waals surface area contributed by atoms with Crippen molar-refractivity contribution in [3.8, 4) is 6.07 Å². The van der Waals surface area contributed by atoms with Crippen LogP contribution in [0.4, 0.5) is 0 Å². The molecule has 0 heterocycles. The maximum Gasteiger partial charge on any atom is 0.326 e. The Labute approximate surface area is 114 Å². The summed E-state index contributed by atoms with van der Waals surface area (Å²) in [7, 11) is 0. The summed E-state index contributed by atoms with van der Waals surface area (Å²) in [4.78, 5) is 22.8. The summed E-state index contributed by atoms with van der Waals surface area (Å²) in [5.74, 6) is -0.718. The standard InChI is InChI=1S/C14H22N2O3/c15-9-5-1-2-8-12(14(18)19)16-13(17)10-11-6-3-4-7-11/h11-12H,1-8,10H2,(H,16,17)(H,18,19)/t12-/m0/s1. The number of carboxylic acid groups (broad SMARTS) is 1. The van der Waals surface area contributed by atoms with Crippen molar-refractivity contribution in [2.45, 2.75) is 63.8 Å². The first-order chi connectivity index (χ1) is 9.13. The van der Waals surface area contributed by atoms with E-state index in [9.17, 15) is 9.59 Å². The molecule has 106 valence electrons. The average molecular weight is 266 g/mol. The third-order valence-corrected chi connectivity index (χ3v) is 3.61. The largest absolute Gasteiger partial charge is 0.480 e. The number of hydrogen-bond donors (Lipinski definition) is 2. The first kappa shape index (κ1) is 15.5. The Hall–Kier alpha value is -1.57. The minimum Gasteiger partial charge on any atom is -0.480 e. The van der Waals surface area contributed by atoms with Crippen molar-refractivity contribution in [1.29, 1.82) is 5.26 Å². The second-order valence-electron chi connectivity index (χ2n) is 5.22. The monoisotopic (exact) mass is 266 g/mol. The van der Waals surface area contributed by atoms with E-state index in [1.165, 1.54) is 12.8 Å². The SMILES string of the molecule is N#CCCCC[C@H](NC(=O)CC1CCCC1)C(=O)O. The molecule has 5 nitrogen and oxygen atoms in total. The number of hydrogen-bond acceptors (Lipinski definition) is 3. The lowest BCUT2D eigenvalue weighted by Gasteiger charge is -2.16. The molecule has 5 heteroatoms. The van der Waals surface area contributed by atoms with Gasteiger partial charge in [-0.2, -0.15) is 5.26 Å². The Morgan fingerprint density at radius 1 is 1.32 bits per heavy atom. The highest BCUT2D eigenvalue weighted by molar-refractivity contribution is 5.83. The molecule has 0 aromatic rings. The third kappa shape index (κ3) is 6.23. The molecule has 2 N–H and O–H groups in total. The molecule has 0 saturated heterocycles. The molecular weight excluding hydrogens is 244 g/mol. The van der Waals surface area contributed by atoms with Crippen LogP contribution in [0, 0.1) is 17.2 Å². The quantitative estimate of drug-likeness (QED) is 0.659. The van der Waals surface area contributed by atoms with Crippen molar-refractivity contribution >= 4 is 11.9 Å². The summed E-state index contributed by atoms with van der Waals surface area (Å²) < 4.78 is 0. The minimum absolute atomic E-state index is 0.153. The number of carboxylic acids is 1. The Balaban J connectivity index is 2.29. The summed E-state index contributed by atoms with van der Waals surface area (Å²) >= 11 is 0. The highest BCUT2D eigenvalue weighted by atomic mass is 16.4. The van der Waals surface area contributed by atoms with Gasteiger partial charge in [-0.3, -0.25) is 4.79 Å². The molecule has 0 aromatic carbocycles. The molecule has 1 rings (SSSR count). The fourth-order valence-electron chi connectivity index (χ4n) is 2.54. The van der Waals surface area contributed by atoms with Crippen LogP contribution in [-0.4, -0.2) is 23.0 Å². The van der Waals surface area contributed by atoms with Gasteiger partial charge >= 0.3 is 5.97 Å². The van der Waals surface area contributed by atoms with Gasteiger partial charge in [0.05, 0.1) is 6.07 Å². The van der Waals surface area contributed by atoms with Crippen LogP contribution in [0.1, 0.15) is 57.8 Å². The van der Waals surface area contributed by atoms with Gasteiger partial charge in [-0.25, -0.2) is 4.79 Å². The van der Waals surface area contributed by atoms with Gasteiger partial charge in [0.25, 0.3) is 0 Å². The Bertz CT molecular complexity index is 343. The number of carbonyl (C=O) groups is 2. The molecule has 1 atom stereocenters. The van der Waals surface area contributed by atoms with Crippen LogP contribution < -0.4 is 5.32 Å². The summed E-state index contributed by atoms with van der Waals surface area (Å²) in [6, 6.07) is 1.21. The second kappa shape index (κ2) is 8.52. The Morgan fingerprint density at radius 3 is 2.58 bits per heavy atom. The van der Waals surface area contributed by atoms with Crippen LogP contribution >= 0.6 is 0 Å². The Kier molecular flexibility index (Phi) is 6.94. The molecule has 1 aliphatic rings. The van der Waals surface area contributed by atoms with E-state index >= 15 is 0 Å². The van der Waals surface area contributed by atoms with Gasteiger partial charge in [-0.05, 0) is 38.0 Å². The van der Waals surface area contributed by atoms with Crippen molar-refractivity contribution in [1.82, 2.24) is 5.32 Å². The number of amides is 1. The summed E-state index contributed by atoms with van der Waals surface area (Å²) in [5, 5.41) is 20.1. The van der Waals surface area contributed by atoms with E-state index in [1.54, 1.807) is 0 Å². The van der Waals surface area contributed by atoms with Gasteiger partial charge < -0.3 is 10.4 Å². The topological polar surface area (TPSA) is 90.2 Å². The molecule has 19 heavy (non-hydrogen) atoms. The fraction of sp³-hybridized carbons (Fsp3) is 0.786. The molecule has 0 unspecified atom stereocenters. The normalized spacial score (nSPS) is 16.8. The second-order valence-corrected chi connectivity index (χ2v) is 5.22. The lowest BCUT2D eigenvalue weighted by Crippen LogP contribution is -2.41. The first-order valence-corrected chi connectivity index (χ1v) is 7.02. The molecule has 0 aliphatic heterocycles. The average Bonchev–Trinajstić information content (AvgIpc) is 2.85. The highest BCUT2D eigenvalue weighted by Gasteiger charge is 2.23. The van der Waals surface area contributed by atoms with Crippen molar-refractivity contribution in [3.63, 3.8) is 0 Å². The van der Waals surface area contributed by atoms with Crippen molar-refractivity contribution in [2.75, 3.05) is 0 Å². The van der Waals surface area contributed by atoms with Crippen LogP contribution in [0.5, 0.6) is 0 Å². The summed E-state index contributed by atoms with van der Waals surface area (Å²) in [6.07, 6.45) is 7.11. The number of nitrogens with one attached hydrogen (secondary N) is 1. The van der Waals surface area contributed by atoms with Gasteiger partial charge in [-0.15, -0.1) is 0 Å². The number of rotatable bonds is 8. The van der Waals surface area contributed by atoms with Crippen LogP contribution in [0.3, 0.4) is 0 Å². The maximum absolute atomic E-state index is 11.8. The van der Waals surface area contributed by atoms with Crippen LogP contribution in [-0.2, 0) is 9.59 Å². The molecule has 1 aliphatic carbocycles. The van der Waals surface area contributed by atoms with E-state index in [0.29, 0.717) is 38.0 Å². The van der Waals surface area contributed by atoms with E-state index in [2.05, 4.69) is 5.32 Å². The molecule has 1 saturated carbocycles. The molecule has 1 fully saturated rings. The van der Waals surface area contributed by atoms with Crippen LogP contribution in [0.25, 0.3) is 0 Å². The molecule has 1 amide bonds. The van der Waals surface area contributed by atoms with Crippen molar-refractivity contribution < 1.29 is 14.7 Å². The fourth-order valence-corrected chi connectivity index (χ4v) is 2.54. The number of aliphatic carboxylic acids is 1. The van der Waals surface area contributed by atoms with Gasteiger partial charge in [0.15, 0.2) is 0 Å². The molecule has 0 bridgehead atoms. The smallest absolute Gasteiger partial charge is 0.326 e. The lowest BCUT2D eigenvalue weighted by molar-refractivity contribution is -0.142. The molecule has 0 radical (unpaired) electrons. The zero-order chi connectivity index (χ0) is 14.1.